The van der Waals surface area contributed by atoms with Gasteiger partial charge in [-0.2, -0.15) is 0 Å². The lowest BCUT2D eigenvalue weighted by atomic mass is 10.0. The normalized spacial score (nSPS) is 13.2. The van der Waals surface area contributed by atoms with Gasteiger partial charge in [0.15, 0.2) is 0 Å². The van der Waals surface area contributed by atoms with Crippen molar-refractivity contribution in [1.29, 1.82) is 0 Å². The fourth-order valence-corrected chi connectivity index (χ4v) is 3.04. The second-order valence-electron chi connectivity index (χ2n) is 9.15. The van der Waals surface area contributed by atoms with Crippen molar-refractivity contribution in [2.75, 3.05) is 6.61 Å². The van der Waals surface area contributed by atoms with E-state index in [2.05, 4.69) is 5.32 Å². The summed E-state index contributed by atoms with van der Waals surface area (Å²) in [7, 11) is 0. The fraction of sp³-hybridized carbons (Fsp3) is 0.462. The molecule has 0 fully saturated rings. The lowest BCUT2D eigenvalue weighted by Crippen LogP contribution is -2.42. The van der Waals surface area contributed by atoms with E-state index in [0.717, 1.165) is 16.9 Å². The van der Waals surface area contributed by atoms with Crippen LogP contribution in [0.25, 0.3) is 0 Å². The number of carbonyl (C=O) groups is 2. The zero-order valence-corrected chi connectivity index (χ0v) is 19.6. The molecule has 6 nitrogen and oxygen atoms in total. The van der Waals surface area contributed by atoms with Gasteiger partial charge in [-0.05, 0) is 56.9 Å². The highest BCUT2D eigenvalue weighted by Gasteiger charge is 2.19. The molecule has 2 rings (SSSR count). The monoisotopic (exact) mass is 440 g/mol. The van der Waals surface area contributed by atoms with Crippen LogP contribution >= 0.6 is 0 Å². The lowest BCUT2D eigenvalue weighted by molar-refractivity contribution is -0.124. The number of nitrogens with one attached hydrogen (secondary N) is 1. The van der Waals surface area contributed by atoms with Crippen LogP contribution in [0.15, 0.2) is 54.6 Å². The van der Waals surface area contributed by atoms with Crippen molar-refractivity contribution in [1.82, 2.24) is 5.32 Å². The summed E-state index contributed by atoms with van der Waals surface area (Å²) in [4.78, 5) is 23.6. The summed E-state index contributed by atoms with van der Waals surface area (Å²) in [5.74, 6) is -0.0264. The van der Waals surface area contributed by atoms with Gasteiger partial charge in [-0.1, -0.05) is 49.4 Å². The molecular weight excluding hydrogens is 404 g/mol. The molecule has 2 aromatic carbocycles. The Morgan fingerprint density at radius 1 is 1.00 bits per heavy atom. The molecule has 0 aliphatic rings. The maximum atomic E-state index is 12.4. The molecule has 174 valence electrons. The third kappa shape index (κ3) is 9.96. The Bertz CT molecular complexity index is 844. The zero-order valence-electron chi connectivity index (χ0n) is 19.6. The Kier molecular flexibility index (Phi) is 9.72. The van der Waals surface area contributed by atoms with Gasteiger partial charge in [0.25, 0.3) is 0 Å². The van der Waals surface area contributed by atoms with Crippen LogP contribution in [0.3, 0.4) is 0 Å². The van der Waals surface area contributed by atoms with Crippen molar-refractivity contribution in [3.63, 3.8) is 0 Å². The number of carbonyl (C=O) groups excluding carboxylic acids is 2. The summed E-state index contributed by atoms with van der Waals surface area (Å²) >= 11 is 0. The summed E-state index contributed by atoms with van der Waals surface area (Å²) in [6.07, 6.45) is 1.32. The molecule has 0 saturated carbocycles. The number of ether oxygens (including phenoxy) is 2. The molecule has 32 heavy (non-hydrogen) atoms. The first-order valence-electron chi connectivity index (χ1n) is 11.1. The van der Waals surface area contributed by atoms with Crippen molar-refractivity contribution in [2.24, 2.45) is 11.7 Å². The Labute approximate surface area is 191 Å². The van der Waals surface area contributed by atoms with Gasteiger partial charge in [0, 0.05) is 12.3 Å². The molecule has 2 amide bonds. The topological polar surface area (TPSA) is 90.7 Å². The molecule has 2 aromatic rings. The van der Waals surface area contributed by atoms with Crippen LogP contribution in [-0.4, -0.2) is 30.1 Å². The van der Waals surface area contributed by atoms with E-state index in [4.69, 9.17) is 15.2 Å². The van der Waals surface area contributed by atoms with E-state index in [9.17, 15) is 9.59 Å². The van der Waals surface area contributed by atoms with Crippen molar-refractivity contribution < 1.29 is 19.1 Å². The van der Waals surface area contributed by atoms with Gasteiger partial charge in [0.05, 0.1) is 18.2 Å². The average Bonchev–Trinajstić information content (AvgIpc) is 2.75. The highest BCUT2D eigenvalue weighted by atomic mass is 16.5. The summed E-state index contributed by atoms with van der Waals surface area (Å²) in [5.41, 5.74) is 7.17. The lowest BCUT2D eigenvalue weighted by Gasteiger charge is -2.25. The van der Waals surface area contributed by atoms with Crippen molar-refractivity contribution in [3.8, 4) is 5.75 Å². The van der Waals surface area contributed by atoms with E-state index in [1.165, 1.54) is 0 Å². The Morgan fingerprint density at radius 2 is 1.66 bits per heavy atom. The summed E-state index contributed by atoms with van der Waals surface area (Å²) in [6.45, 7) is 8.60. The number of benzene rings is 2. The smallest absolute Gasteiger partial charge is 0.220 e. The van der Waals surface area contributed by atoms with Gasteiger partial charge in [-0.25, -0.2) is 0 Å². The standard InChI is InChI=1S/C26H36N2O4/c1-19(25(27)30)10-15-24(29)28-22(18-32-26(2,3)4)16-20-11-13-23(14-12-20)31-17-21-8-6-5-7-9-21/h5-9,11-14,19,22H,10,15-18H2,1-4H3,(H2,27,30)(H,28,29). The average molecular weight is 441 g/mol. The summed E-state index contributed by atoms with van der Waals surface area (Å²) < 4.78 is 11.8. The molecule has 0 heterocycles. The molecule has 0 aliphatic heterocycles. The van der Waals surface area contributed by atoms with Gasteiger partial charge in [0.1, 0.15) is 12.4 Å². The largest absolute Gasteiger partial charge is 0.489 e. The third-order valence-corrected chi connectivity index (χ3v) is 5.03. The van der Waals surface area contributed by atoms with E-state index in [1.807, 2.05) is 75.4 Å². The number of amides is 2. The van der Waals surface area contributed by atoms with E-state index in [-0.39, 0.29) is 35.8 Å². The molecule has 0 saturated heterocycles. The second kappa shape index (κ2) is 12.2. The molecule has 0 bridgehead atoms. The SMILES string of the molecule is CC(CCC(=O)NC(COC(C)(C)C)Cc1ccc(OCc2ccccc2)cc1)C(N)=O. The zero-order chi connectivity index (χ0) is 23.6. The quantitative estimate of drug-likeness (QED) is 0.522. The van der Waals surface area contributed by atoms with Crippen LogP contribution in [0.1, 0.15) is 51.7 Å². The first-order chi connectivity index (χ1) is 15.1. The van der Waals surface area contributed by atoms with Crippen LogP contribution < -0.4 is 15.8 Å². The highest BCUT2D eigenvalue weighted by Crippen LogP contribution is 2.17. The molecular formula is C26H36N2O4. The van der Waals surface area contributed by atoms with E-state index in [1.54, 1.807) is 6.92 Å². The summed E-state index contributed by atoms with van der Waals surface area (Å²) in [6, 6.07) is 17.7. The number of hydrogen-bond acceptors (Lipinski definition) is 4. The molecule has 0 aromatic heterocycles. The number of nitrogens with two attached hydrogens (primary N) is 1. The molecule has 0 aliphatic carbocycles. The maximum Gasteiger partial charge on any atom is 0.220 e. The minimum atomic E-state index is -0.389. The van der Waals surface area contributed by atoms with Crippen LogP contribution in [0.4, 0.5) is 0 Å². The number of hydrogen-bond donors (Lipinski definition) is 2. The summed E-state index contributed by atoms with van der Waals surface area (Å²) in [5, 5.41) is 3.05. The van der Waals surface area contributed by atoms with Crippen LogP contribution in [0.2, 0.25) is 0 Å². The first-order valence-corrected chi connectivity index (χ1v) is 11.1. The van der Waals surface area contributed by atoms with Gasteiger partial charge in [-0.15, -0.1) is 0 Å². The molecule has 0 radical (unpaired) electrons. The van der Waals surface area contributed by atoms with Crippen molar-refractivity contribution in [2.45, 2.75) is 65.2 Å². The van der Waals surface area contributed by atoms with Crippen LogP contribution in [-0.2, 0) is 27.4 Å². The Hall–Kier alpha value is -2.86. The predicted molar refractivity (Wildman–Crippen MR) is 126 cm³/mol. The van der Waals surface area contributed by atoms with Crippen molar-refractivity contribution in [3.05, 3.63) is 65.7 Å². The molecule has 2 atom stereocenters. The third-order valence-electron chi connectivity index (χ3n) is 5.03. The van der Waals surface area contributed by atoms with Gasteiger partial charge < -0.3 is 20.5 Å². The Morgan fingerprint density at radius 3 is 2.25 bits per heavy atom. The molecule has 6 heteroatoms. The van der Waals surface area contributed by atoms with E-state index < -0.39 is 0 Å². The number of rotatable bonds is 12. The minimum Gasteiger partial charge on any atom is -0.489 e. The van der Waals surface area contributed by atoms with Crippen LogP contribution in [0.5, 0.6) is 5.75 Å². The van der Waals surface area contributed by atoms with Crippen molar-refractivity contribution >= 4 is 11.8 Å². The maximum absolute atomic E-state index is 12.4. The van der Waals surface area contributed by atoms with Crippen LogP contribution in [0, 0.1) is 5.92 Å². The second-order valence-corrected chi connectivity index (χ2v) is 9.15. The fourth-order valence-electron chi connectivity index (χ4n) is 3.04. The van der Waals surface area contributed by atoms with Gasteiger partial charge >= 0.3 is 0 Å². The van der Waals surface area contributed by atoms with Gasteiger partial charge in [0.2, 0.25) is 11.8 Å². The number of primary amides is 1. The molecule has 2 unspecified atom stereocenters. The highest BCUT2D eigenvalue weighted by molar-refractivity contribution is 5.79. The molecule has 0 spiro atoms. The van der Waals surface area contributed by atoms with Gasteiger partial charge in [-0.3, -0.25) is 9.59 Å². The van der Waals surface area contributed by atoms with E-state index >= 15 is 0 Å². The first kappa shape index (κ1) is 25.4. The van der Waals surface area contributed by atoms with E-state index in [0.29, 0.717) is 26.1 Å². The Balaban J connectivity index is 1.93. The predicted octanol–water partition coefficient (Wildman–Crippen LogP) is 4.01. The molecule has 3 N–H and O–H groups in total. The minimum absolute atomic E-state index is 0.108.